The van der Waals surface area contributed by atoms with E-state index in [2.05, 4.69) is 32.5 Å². The second-order valence-electron chi connectivity index (χ2n) is 10.8. The number of urea groups is 1. The maximum atomic E-state index is 13.1. The van der Waals surface area contributed by atoms with Crippen LogP contribution in [0.4, 0.5) is 18.0 Å². The van der Waals surface area contributed by atoms with Crippen molar-refractivity contribution in [3.63, 3.8) is 0 Å². The number of benzene rings is 3. The summed E-state index contributed by atoms with van der Waals surface area (Å²) in [4.78, 5) is 12.5. The molecular weight excluding hydrogens is 621 g/mol. The average molecular weight is 656 g/mol. The summed E-state index contributed by atoms with van der Waals surface area (Å²) in [7, 11) is 0. The molecule has 0 saturated carbocycles. The highest BCUT2D eigenvalue weighted by atomic mass is 79.9. The fourth-order valence-corrected chi connectivity index (χ4v) is 5.82. The van der Waals surface area contributed by atoms with Crippen LogP contribution in [0.15, 0.2) is 82.5 Å². The molecule has 0 saturated heterocycles. The van der Waals surface area contributed by atoms with Crippen molar-refractivity contribution < 1.29 is 22.7 Å². The molecule has 3 aromatic carbocycles. The van der Waals surface area contributed by atoms with Gasteiger partial charge in [-0.1, -0.05) is 72.8 Å². The molecule has 0 aliphatic carbocycles. The third-order valence-electron chi connectivity index (χ3n) is 7.71. The minimum absolute atomic E-state index is 0.310. The molecule has 1 aliphatic rings. The Balaban J connectivity index is 1.36. The fraction of sp³-hybridized carbons (Fsp3) is 0.333. The number of nitrogens with two attached hydrogens (primary N) is 1. The van der Waals surface area contributed by atoms with Gasteiger partial charge in [0.05, 0.1) is 23.9 Å². The molecule has 2 heterocycles. The van der Waals surface area contributed by atoms with Crippen molar-refractivity contribution >= 4 is 38.6 Å². The fourth-order valence-electron chi connectivity index (χ4n) is 5.46. The van der Waals surface area contributed by atoms with Crippen LogP contribution in [0.3, 0.4) is 0 Å². The van der Waals surface area contributed by atoms with Crippen LogP contribution in [0.25, 0.3) is 10.9 Å². The second-order valence-corrected chi connectivity index (χ2v) is 11.7. The van der Waals surface area contributed by atoms with Gasteiger partial charge >= 0.3 is 12.2 Å². The van der Waals surface area contributed by atoms with E-state index in [0.29, 0.717) is 30.8 Å². The number of alkyl halides is 3. The number of amides is 2. The van der Waals surface area contributed by atoms with Crippen LogP contribution in [0.1, 0.15) is 73.7 Å². The van der Waals surface area contributed by atoms with Gasteiger partial charge in [-0.15, -0.1) is 0 Å². The topological polar surface area (TPSA) is 72.8 Å². The first kappa shape index (κ1) is 30.7. The van der Waals surface area contributed by atoms with Crippen molar-refractivity contribution in [3.05, 3.63) is 99.7 Å². The number of hydrazone groups is 1. The van der Waals surface area contributed by atoms with E-state index >= 15 is 0 Å². The molecule has 2 amide bonds. The molecule has 5 rings (SSSR count). The first-order valence-corrected chi connectivity index (χ1v) is 15.3. The number of rotatable bonds is 11. The first-order chi connectivity index (χ1) is 20.6. The van der Waals surface area contributed by atoms with Crippen molar-refractivity contribution in [2.45, 2.75) is 64.2 Å². The number of primary amides is 1. The lowest BCUT2D eigenvalue weighted by Crippen LogP contribution is -2.31. The predicted molar refractivity (Wildman–Crippen MR) is 166 cm³/mol. The summed E-state index contributed by atoms with van der Waals surface area (Å²) in [5, 5.41) is 6.60. The zero-order chi connectivity index (χ0) is 30.6. The van der Waals surface area contributed by atoms with E-state index in [0.717, 1.165) is 50.8 Å². The highest BCUT2D eigenvalue weighted by Gasteiger charge is 2.35. The summed E-state index contributed by atoms with van der Waals surface area (Å²) in [6, 6.07) is 17.6. The second kappa shape index (κ2) is 13.2. The monoisotopic (exact) mass is 654 g/mol. The first-order valence-electron chi connectivity index (χ1n) is 14.5. The third kappa shape index (κ3) is 7.24. The molecule has 1 aromatic heterocycles. The van der Waals surface area contributed by atoms with E-state index in [-0.39, 0.29) is 0 Å². The number of carbonyl (C=O) groups excluding carboxylic acids is 1. The Morgan fingerprint density at radius 1 is 1.02 bits per heavy atom. The number of fused-ring (bicyclic) bond motifs is 1. The molecule has 2 N–H and O–H groups in total. The van der Waals surface area contributed by atoms with Crippen LogP contribution in [0.5, 0.6) is 5.75 Å². The third-order valence-corrected chi connectivity index (χ3v) is 8.20. The van der Waals surface area contributed by atoms with Gasteiger partial charge in [0.1, 0.15) is 5.75 Å². The standard InChI is InChI=1S/C33H34BrF3N4O2/c1-2-3-4-5-6-17-43-26-14-7-22(8-15-26)20-40-21-28(27-18-25(34)13-16-30(27)40)31-19-29(39-41(31)32(38)42)23-9-11-24(12-10-23)33(35,36)37/h7-16,18,21,31H,2-6,17,19-20H2,1H3,(H2,38,42). The number of carbonyl (C=O) groups is 1. The van der Waals surface area contributed by atoms with Gasteiger partial charge in [-0.3, -0.25) is 0 Å². The summed E-state index contributed by atoms with van der Waals surface area (Å²) < 4.78 is 48.2. The summed E-state index contributed by atoms with van der Waals surface area (Å²) >= 11 is 3.56. The van der Waals surface area contributed by atoms with Crippen LogP contribution < -0.4 is 10.5 Å². The van der Waals surface area contributed by atoms with Crippen LogP contribution in [-0.4, -0.2) is 27.9 Å². The zero-order valence-electron chi connectivity index (χ0n) is 23.9. The van der Waals surface area contributed by atoms with Crippen molar-refractivity contribution in [1.29, 1.82) is 0 Å². The van der Waals surface area contributed by atoms with Gasteiger partial charge in [0, 0.05) is 40.1 Å². The van der Waals surface area contributed by atoms with Gasteiger partial charge < -0.3 is 15.0 Å². The highest BCUT2D eigenvalue weighted by Crippen LogP contribution is 2.39. The normalized spacial score (nSPS) is 15.2. The smallest absolute Gasteiger partial charge is 0.416 e. The molecule has 43 heavy (non-hydrogen) atoms. The highest BCUT2D eigenvalue weighted by molar-refractivity contribution is 9.10. The number of unbranched alkanes of at least 4 members (excludes halogenated alkanes) is 4. The van der Waals surface area contributed by atoms with Crippen LogP contribution in [0.2, 0.25) is 0 Å². The largest absolute Gasteiger partial charge is 0.494 e. The minimum atomic E-state index is -4.44. The summed E-state index contributed by atoms with van der Waals surface area (Å²) in [5.74, 6) is 0.845. The summed E-state index contributed by atoms with van der Waals surface area (Å²) in [6.07, 6.45) is 3.82. The Morgan fingerprint density at radius 3 is 2.42 bits per heavy atom. The number of ether oxygens (including phenoxy) is 1. The zero-order valence-corrected chi connectivity index (χ0v) is 25.5. The van der Waals surface area contributed by atoms with Crippen molar-refractivity contribution in [3.8, 4) is 5.75 Å². The Labute approximate surface area is 257 Å². The van der Waals surface area contributed by atoms with E-state index in [1.807, 2.05) is 48.7 Å². The number of hydrogen-bond donors (Lipinski definition) is 1. The van der Waals surface area contributed by atoms with Crippen LogP contribution in [-0.2, 0) is 12.7 Å². The maximum absolute atomic E-state index is 13.1. The molecule has 4 aromatic rings. The van der Waals surface area contributed by atoms with Crippen molar-refractivity contribution in [1.82, 2.24) is 9.58 Å². The molecule has 6 nitrogen and oxygen atoms in total. The number of hydrogen-bond acceptors (Lipinski definition) is 3. The van der Waals surface area contributed by atoms with Gasteiger partial charge in [-0.25, -0.2) is 9.80 Å². The lowest BCUT2D eigenvalue weighted by molar-refractivity contribution is -0.137. The Morgan fingerprint density at radius 2 is 1.74 bits per heavy atom. The molecule has 1 unspecified atom stereocenters. The van der Waals surface area contributed by atoms with E-state index in [1.54, 1.807) is 0 Å². The lowest BCUT2D eigenvalue weighted by atomic mass is 9.97. The molecule has 0 spiro atoms. The maximum Gasteiger partial charge on any atom is 0.416 e. The van der Waals surface area contributed by atoms with E-state index in [4.69, 9.17) is 10.5 Å². The number of nitrogens with zero attached hydrogens (tertiary/aromatic N) is 3. The van der Waals surface area contributed by atoms with Crippen molar-refractivity contribution in [2.75, 3.05) is 6.61 Å². The van der Waals surface area contributed by atoms with Crippen molar-refractivity contribution in [2.24, 2.45) is 10.8 Å². The van der Waals surface area contributed by atoms with Gasteiger partial charge in [0.2, 0.25) is 0 Å². The molecule has 0 fully saturated rings. The van der Waals surface area contributed by atoms with Gasteiger partial charge in [0.25, 0.3) is 0 Å². The quantitative estimate of drug-likeness (QED) is 0.164. The summed E-state index contributed by atoms with van der Waals surface area (Å²) in [6.45, 7) is 3.50. The van der Waals surface area contributed by atoms with Gasteiger partial charge in [-0.2, -0.15) is 18.3 Å². The van der Waals surface area contributed by atoms with Crippen LogP contribution in [0, 0.1) is 0 Å². The molecule has 1 aliphatic heterocycles. The molecule has 0 radical (unpaired) electrons. The molecule has 0 bridgehead atoms. The minimum Gasteiger partial charge on any atom is -0.494 e. The average Bonchev–Trinajstić information content (AvgIpc) is 3.57. The SMILES string of the molecule is CCCCCCCOc1ccc(Cn2cc(C3CC(c4ccc(C(F)(F)F)cc4)=NN3C(N)=O)c3cc(Br)ccc32)cc1. The predicted octanol–water partition coefficient (Wildman–Crippen LogP) is 9.05. The van der Waals surface area contributed by atoms with Gasteiger partial charge in [0.15, 0.2) is 0 Å². The lowest BCUT2D eigenvalue weighted by Gasteiger charge is -2.19. The summed E-state index contributed by atoms with van der Waals surface area (Å²) in [5.41, 5.74) is 8.90. The molecule has 226 valence electrons. The number of halogens is 4. The molecule has 10 heteroatoms. The Bertz CT molecular complexity index is 1600. The van der Waals surface area contributed by atoms with E-state index in [9.17, 15) is 18.0 Å². The molecular formula is C33H34BrF3N4O2. The number of aromatic nitrogens is 1. The van der Waals surface area contributed by atoms with Crippen LogP contribution >= 0.6 is 15.9 Å². The molecule has 1 atom stereocenters. The van der Waals surface area contributed by atoms with E-state index < -0.39 is 23.8 Å². The Hall–Kier alpha value is -3.79. The van der Waals surface area contributed by atoms with E-state index in [1.165, 1.54) is 42.8 Å². The van der Waals surface area contributed by atoms with Gasteiger partial charge in [-0.05, 0) is 60.0 Å². The Kier molecular flexibility index (Phi) is 9.44.